The minimum absolute atomic E-state index is 0.925. The number of nitrogens with zero attached hydrogens (tertiary/aromatic N) is 1. The minimum atomic E-state index is -0.925. The first-order valence-electron chi connectivity index (χ1n) is 7.93. The summed E-state index contributed by atoms with van der Waals surface area (Å²) in [5, 5.41) is 2.74. The smallest absolute Gasteiger partial charge is 0.0495 e. The zero-order valence-corrected chi connectivity index (χ0v) is 14.4. The van der Waals surface area contributed by atoms with Crippen LogP contribution in [0.1, 0.15) is 0 Å². The molecule has 1 nitrogen and oxygen atoms in total. The summed E-state index contributed by atoms with van der Waals surface area (Å²) in [6.45, 7) is 0. The van der Waals surface area contributed by atoms with E-state index in [1.807, 2.05) is 0 Å². The molecule has 1 aromatic heterocycles. The summed E-state index contributed by atoms with van der Waals surface area (Å²) in [5.41, 5.74) is 5.50. The molecule has 0 spiro atoms. The molecule has 23 heavy (non-hydrogen) atoms. The van der Waals surface area contributed by atoms with Crippen molar-refractivity contribution in [1.29, 1.82) is 0 Å². The number of aryl methyl sites for hydroxylation is 1. The fraction of sp³-hybridized carbons (Fsp3) is 0.143. The van der Waals surface area contributed by atoms with Crippen LogP contribution in [0, 0.1) is 0 Å². The van der Waals surface area contributed by atoms with Crippen molar-refractivity contribution in [2.45, 2.75) is 9.79 Å². The number of para-hydroxylation sites is 1. The third-order valence-corrected chi connectivity index (χ3v) is 8.18. The third kappa shape index (κ3) is 1.54. The number of aromatic nitrogens is 1. The summed E-state index contributed by atoms with van der Waals surface area (Å²) in [6, 6.07) is 22.5. The standard InChI is InChI=1S/C21H19NS/c1-22-18-10-6-4-8-14(18)16-13-21-17(12-19(16)22)15-9-5-7-11-20(15)23(21,2)3/h4-13H,1-3H3. The van der Waals surface area contributed by atoms with Gasteiger partial charge in [-0.15, -0.1) is 0 Å². The van der Waals surface area contributed by atoms with Gasteiger partial charge in [0.05, 0.1) is 0 Å². The number of hydrogen-bond acceptors (Lipinski definition) is 0. The highest BCUT2D eigenvalue weighted by Gasteiger charge is 2.32. The Bertz CT molecular complexity index is 1100. The zero-order valence-electron chi connectivity index (χ0n) is 13.6. The van der Waals surface area contributed by atoms with E-state index < -0.39 is 10.0 Å². The van der Waals surface area contributed by atoms with E-state index in [9.17, 15) is 0 Å². The molecule has 1 aliphatic heterocycles. The fourth-order valence-corrected chi connectivity index (χ4v) is 6.59. The Morgan fingerprint density at radius 1 is 0.696 bits per heavy atom. The first-order valence-corrected chi connectivity index (χ1v) is 10.4. The summed E-state index contributed by atoms with van der Waals surface area (Å²) in [4.78, 5) is 3.05. The first-order chi connectivity index (χ1) is 11.1. The highest BCUT2D eigenvalue weighted by atomic mass is 32.3. The molecule has 0 saturated heterocycles. The zero-order chi connectivity index (χ0) is 15.8. The van der Waals surface area contributed by atoms with Crippen molar-refractivity contribution in [3.63, 3.8) is 0 Å². The molecule has 2 heteroatoms. The van der Waals surface area contributed by atoms with Crippen LogP contribution in [0.15, 0.2) is 70.5 Å². The quantitative estimate of drug-likeness (QED) is 0.386. The molecule has 0 fully saturated rings. The van der Waals surface area contributed by atoms with Crippen molar-refractivity contribution in [3.8, 4) is 11.1 Å². The van der Waals surface area contributed by atoms with Crippen molar-refractivity contribution in [2.24, 2.45) is 7.05 Å². The SMILES string of the molecule is Cn1c2ccccc2c2cc3c(cc21)-c1ccccc1S3(C)C. The maximum Gasteiger partial charge on any atom is 0.0495 e. The van der Waals surface area contributed by atoms with Crippen LogP contribution in [0.3, 0.4) is 0 Å². The average Bonchev–Trinajstić information content (AvgIpc) is 2.98. The molecule has 0 atom stereocenters. The van der Waals surface area contributed by atoms with Crippen LogP contribution in [0.2, 0.25) is 0 Å². The van der Waals surface area contributed by atoms with Crippen LogP contribution >= 0.6 is 10.0 Å². The molecule has 0 amide bonds. The Hall–Kier alpha value is -2.19. The van der Waals surface area contributed by atoms with Gasteiger partial charge in [-0.05, 0) is 47.9 Å². The maximum absolute atomic E-state index is 2.46. The van der Waals surface area contributed by atoms with E-state index in [1.54, 1.807) is 0 Å². The molecule has 0 aliphatic carbocycles. The van der Waals surface area contributed by atoms with Gasteiger partial charge in [0.1, 0.15) is 0 Å². The second-order valence-corrected chi connectivity index (χ2v) is 10.3. The number of fused-ring (bicyclic) bond motifs is 6. The van der Waals surface area contributed by atoms with Gasteiger partial charge in [-0.2, -0.15) is 10.0 Å². The molecular weight excluding hydrogens is 298 g/mol. The second-order valence-electron chi connectivity index (χ2n) is 6.76. The summed E-state index contributed by atoms with van der Waals surface area (Å²) in [5.74, 6) is 0. The van der Waals surface area contributed by atoms with Gasteiger partial charge in [-0.3, -0.25) is 0 Å². The Labute approximate surface area is 137 Å². The van der Waals surface area contributed by atoms with E-state index in [0.29, 0.717) is 0 Å². The lowest BCUT2D eigenvalue weighted by Crippen LogP contribution is -1.92. The van der Waals surface area contributed by atoms with Crippen molar-refractivity contribution in [3.05, 3.63) is 60.7 Å². The van der Waals surface area contributed by atoms with Crippen LogP contribution in [-0.2, 0) is 7.05 Å². The highest BCUT2D eigenvalue weighted by molar-refractivity contribution is 8.33. The van der Waals surface area contributed by atoms with Gasteiger partial charge in [0.15, 0.2) is 0 Å². The lowest BCUT2D eigenvalue weighted by molar-refractivity contribution is 1.01. The maximum atomic E-state index is 2.46. The van der Waals surface area contributed by atoms with E-state index in [1.165, 1.54) is 42.7 Å². The van der Waals surface area contributed by atoms with Crippen molar-refractivity contribution >= 4 is 31.8 Å². The van der Waals surface area contributed by atoms with Gasteiger partial charge in [0.25, 0.3) is 0 Å². The summed E-state index contributed by atoms with van der Waals surface area (Å²) >= 11 is 0. The van der Waals surface area contributed by atoms with Crippen molar-refractivity contribution in [1.82, 2.24) is 4.57 Å². The van der Waals surface area contributed by atoms with Gasteiger partial charge in [-0.25, -0.2) is 0 Å². The lowest BCUT2D eigenvalue weighted by Gasteiger charge is -2.28. The lowest BCUT2D eigenvalue weighted by atomic mass is 10.0. The van der Waals surface area contributed by atoms with Gasteiger partial charge in [0.2, 0.25) is 0 Å². The third-order valence-electron chi connectivity index (χ3n) is 5.29. The van der Waals surface area contributed by atoms with Crippen molar-refractivity contribution < 1.29 is 0 Å². The normalized spacial score (nSPS) is 16.5. The van der Waals surface area contributed by atoms with Crippen molar-refractivity contribution in [2.75, 3.05) is 12.5 Å². The molecule has 0 bridgehead atoms. The molecule has 5 rings (SSSR count). The fourth-order valence-electron chi connectivity index (χ4n) is 4.07. The Morgan fingerprint density at radius 3 is 2.30 bits per heavy atom. The van der Waals surface area contributed by atoms with Gasteiger partial charge >= 0.3 is 0 Å². The summed E-state index contributed by atoms with van der Waals surface area (Å²) in [6.07, 6.45) is 4.85. The molecule has 1 aliphatic rings. The predicted octanol–water partition coefficient (Wildman–Crippen LogP) is 5.79. The highest BCUT2D eigenvalue weighted by Crippen LogP contribution is 2.67. The molecule has 0 saturated carbocycles. The van der Waals surface area contributed by atoms with Gasteiger partial charge in [-0.1, -0.05) is 36.4 Å². The van der Waals surface area contributed by atoms with Crippen LogP contribution in [0.5, 0.6) is 0 Å². The summed E-state index contributed by atoms with van der Waals surface area (Å²) < 4.78 is 2.33. The molecule has 114 valence electrons. The molecule has 3 aromatic carbocycles. The van der Waals surface area contributed by atoms with Crippen LogP contribution in [-0.4, -0.2) is 17.1 Å². The molecule has 0 unspecified atom stereocenters. The molecule has 0 N–H and O–H groups in total. The number of rotatable bonds is 0. The van der Waals surface area contributed by atoms with Crippen LogP contribution < -0.4 is 0 Å². The Morgan fingerprint density at radius 2 is 1.43 bits per heavy atom. The van der Waals surface area contributed by atoms with E-state index in [2.05, 4.69) is 84.8 Å². The van der Waals surface area contributed by atoms with Crippen LogP contribution in [0.25, 0.3) is 32.9 Å². The van der Waals surface area contributed by atoms with Gasteiger partial charge in [0, 0.05) is 38.6 Å². The Balaban J connectivity index is 1.98. The first kappa shape index (κ1) is 13.3. The largest absolute Gasteiger partial charge is 0.344 e. The van der Waals surface area contributed by atoms with Gasteiger partial charge < -0.3 is 4.57 Å². The van der Waals surface area contributed by atoms with E-state index in [0.717, 1.165) is 0 Å². The number of hydrogen-bond donors (Lipinski definition) is 0. The Kier molecular flexibility index (Phi) is 2.43. The second kappa shape index (κ2) is 4.21. The van der Waals surface area contributed by atoms with E-state index >= 15 is 0 Å². The molecule has 2 heterocycles. The number of benzene rings is 3. The van der Waals surface area contributed by atoms with Crippen LogP contribution in [0.4, 0.5) is 0 Å². The predicted molar refractivity (Wildman–Crippen MR) is 102 cm³/mol. The molecule has 4 aromatic rings. The summed E-state index contributed by atoms with van der Waals surface area (Å²) in [7, 11) is 1.25. The van der Waals surface area contributed by atoms with E-state index in [-0.39, 0.29) is 0 Å². The monoisotopic (exact) mass is 317 g/mol. The molecule has 0 radical (unpaired) electrons. The van der Waals surface area contributed by atoms with E-state index in [4.69, 9.17) is 0 Å². The minimum Gasteiger partial charge on any atom is -0.344 e. The average molecular weight is 317 g/mol. The topological polar surface area (TPSA) is 4.93 Å². The molecular formula is C21H19NS.